The summed E-state index contributed by atoms with van der Waals surface area (Å²) in [6, 6.07) is 12.1. The molecular weight excluding hydrogens is 383 g/mol. The van der Waals surface area contributed by atoms with E-state index in [1.54, 1.807) is 13.3 Å². The molecule has 3 rings (SSSR count). The third-order valence-electron chi connectivity index (χ3n) is 4.54. The van der Waals surface area contributed by atoms with Crippen LogP contribution >= 0.6 is 0 Å². The van der Waals surface area contributed by atoms with Crippen LogP contribution in [-0.2, 0) is 12.6 Å². The highest BCUT2D eigenvalue weighted by molar-refractivity contribution is 5.89. The number of carboxylic acid groups (broad SMARTS) is 1. The molecular formula is C22H18F3NO3. The number of hydrogen-bond acceptors (Lipinski definition) is 3. The molecule has 0 aliphatic heterocycles. The molecule has 29 heavy (non-hydrogen) atoms. The van der Waals surface area contributed by atoms with E-state index in [-0.39, 0.29) is 12.0 Å². The highest BCUT2D eigenvalue weighted by Gasteiger charge is 2.31. The first-order chi connectivity index (χ1) is 13.7. The van der Waals surface area contributed by atoms with Crippen molar-refractivity contribution in [2.24, 2.45) is 0 Å². The summed E-state index contributed by atoms with van der Waals surface area (Å²) in [6.45, 7) is 1.87. The van der Waals surface area contributed by atoms with E-state index in [9.17, 15) is 23.1 Å². The Morgan fingerprint density at radius 3 is 2.52 bits per heavy atom. The predicted molar refractivity (Wildman–Crippen MR) is 102 cm³/mol. The first-order valence-electron chi connectivity index (χ1n) is 8.72. The van der Waals surface area contributed by atoms with Gasteiger partial charge >= 0.3 is 12.1 Å². The van der Waals surface area contributed by atoms with Crippen LogP contribution in [0.25, 0.3) is 11.3 Å². The molecule has 0 saturated carbocycles. The minimum Gasteiger partial charge on any atom is -0.497 e. The van der Waals surface area contributed by atoms with Gasteiger partial charge < -0.3 is 9.84 Å². The zero-order valence-corrected chi connectivity index (χ0v) is 15.7. The molecule has 0 aliphatic carbocycles. The van der Waals surface area contributed by atoms with Gasteiger partial charge in [-0.15, -0.1) is 0 Å². The van der Waals surface area contributed by atoms with Gasteiger partial charge in [-0.3, -0.25) is 4.98 Å². The molecule has 0 fully saturated rings. The first kappa shape index (κ1) is 20.4. The van der Waals surface area contributed by atoms with Gasteiger partial charge in [-0.1, -0.05) is 24.3 Å². The SMILES string of the molecule is COc1cccc(-c2ncc(Cc3ccc(C(F)(F)F)cc3C(=O)O)cc2C)c1. The Hall–Kier alpha value is -3.35. The number of hydrogen-bond donors (Lipinski definition) is 1. The van der Waals surface area contributed by atoms with Crippen LogP contribution in [0, 0.1) is 6.92 Å². The van der Waals surface area contributed by atoms with E-state index in [2.05, 4.69) is 4.98 Å². The Morgan fingerprint density at radius 1 is 1.14 bits per heavy atom. The molecule has 150 valence electrons. The molecule has 0 atom stereocenters. The van der Waals surface area contributed by atoms with E-state index in [4.69, 9.17) is 4.74 Å². The highest BCUT2D eigenvalue weighted by Crippen LogP contribution is 2.31. The summed E-state index contributed by atoms with van der Waals surface area (Å²) in [6.07, 6.45) is -2.84. The minimum atomic E-state index is -4.60. The monoisotopic (exact) mass is 401 g/mol. The van der Waals surface area contributed by atoms with Gasteiger partial charge in [0.15, 0.2) is 0 Å². The summed E-state index contributed by atoms with van der Waals surface area (Å²) in [5.74, 6) is -0.701. The molecule has 0 saturated heterocycles. The van der Waals surface area contributed by atoms with Gasteiger partial charge in [0, 0.05) is 11.8 Å². The van der Waals surface area contributed by atoms with Crippen LogP contribution in [0.15, 0.2) is 54.7 Å². The van der Waals surface area contributed by atoms with Crippen molar-refractivity contribution in [1.29, 1.82) is 0 Å². The maximum Gasteiger partial charge on any atom is 0.416 e. The molecule has 1 N–H and O–H groups in total. The smallest absolute Gasteiger partial charge is 0.416 e. The number of rotatable bonds is 5. The normalized spacial score (nSPS) is 11.3. The van der Waals surface area contributed by atoms with Crippen molar-refractivity contribution in [2.45, 2.75) is 19.5 Å². The average molecular weight is 401 g/mol. The van der Waals surface area contributed by atoms with Crippen molar-refractivity contribution in [3.05, 3.63) is 82.5 Å². The number of benzene rings is 2. The molecule has 0 spiro atoms. The maximum absolute atomic E-state index is 12.9. The van der Waals surface area contributed by atoms with Crippen molar-refractivity contribution >= 4 is 5.97 Å². The van der Waals surface area contributed by atoms with Gasteiger partial charge in [-0.25, -0.2) is 4.79 Å². The number of alkyl halides is 3. The third-order valence-corrected chi connectivity index (χ3v) is 4.54. The fraction of sp³-hybridized carbons (Fsp3) is 0.182. The van der Waals surface area contributed by atoms with Gasteiger partial charge in [-0.05, 0) is 54.3 Å². The fourth-order valence-corrected chi connectivity index (χ4v) is 3.13. The average Bonchev–Trinajstić information content (AvgIpc) is 2.67. The second-order valence-corrected chi connectivity index (χ2v) is 6.59. The number of pyridine rings is 1. The molecule has 0 aliphatic rings. The van der Waals surface area contributed by atoms with Crippen molar-refractivity contribution in [3.63, 3.8) is 0 Å². The number of aromatic nitrogens is 1. The van der Waals surface area contributed by atoms with Crippen molar-refractivity contribution in [1.82, 2.24) is 4.98 Å². The molecule has 2 aromatic carbocycles. The summed E-state index contributed by atoms with van der Waals surface area (Å²) in [5, 5.41) is 9.34. The number of ether oxygens (including phenoxy) is 1. The second kappa shape index (κ2) is 7.95. The molecule has 3 aromatic rings. The van der Waals surface area contributed by atoms with Crippen LogP contribution in [0.2, 0.25) is 0 Å². The summed E-state index contributed by atoms with van der Waals surface area (Å²) in [5.41, 5.74) is 2.13. The molecule has 7 heteroatoms. The number of aromatic carboxylic acids is 1. The van der Waals surface area contributed by atoms with Crippen LogP contribution in [0.5, 0.6) is 5.75 Å². The molecule has 0 radical (unpaired) electrons. The van der Waals surface area contributed by atoms with Gasteiger partial charge in [0.1, 0.15) is 5.75 Å². The Kier molecular flexibility index (Phi) is 5.59. The second-order valence-electron chi connectivity index (χ2n) is 6.59. The van der Waals surface area contributed by atoms with Gasteiger partial charge in [-0.2, -0.15) is 13.2 Å². The van der Waals surface area contributed by atoms with Crippen molar-refractivity contribution in [3.8, 4) is 17.0 Å². The molecule has 0 unspecified atom stereocenters. The maximum atomic E-state index is 12.9. The summed E-state index contributed by atoms with van der Waals surface area (Å²) < 4.78 is 43.9. The van der Waals surface area contributed by atoms with Crippen molar-refractivity contribution in [2.75, 3.05) is 7.11 Å². The first-order valence-corrected chi connectivity index (χ1v) is 8.72. The largest absolute Gasteiger partial charge is 0.497 e. The number of aryl methyl sites for hydroxylation is 1. The zero-order valence-electron chi connectivity index (χ0n) is 15.7. The summed E-state index contributed by atoms with van der Waals surface area (Å²) in [4.78, 5) is 15.9. The van der Waals surface area contributed by atoms with Gasteiger partial charge in [0.25, 0.3) is 0 Å². The predicted octanol–water partition coefficient (Wildman–Crippen LogP) is 5.37. The molecule has 1 aromatic heterocycles. The van der Waals surface area contributed by atoms with Gasteiger partial charge in [0.2, 0.25) is 0 Å². The number of nitrogens with zero attached hydrogens (tertiary/aromatic N) is 1. The van der Waals surface area contributed by atoms with Crippen LogP contribution < -0.4 is 4.74 Å². The highest BCUT2D eigenvalue weighted by atomic mass is 19.4. The van der Waals surface area contributed by atoms with E-state index < -0.39 is 17.7 Å². The summed E-state index contributed by atoms with van der Waals surface area (Å²) in [7, 11) is 1.58. The topological polar surface area (TPSA) is 59.4 Å². The Bertz CT molecular complexity index is 1060. The van der Waals surface area contributed by atoms with Crippen LogP contribution in [0.4, 0.5) is 13.2 Å². The lowest BCUT2D eigenvalue weighted by Crippen LogP contribution is -2.10. The molecule has 0 bridgehead atoms. The van der Waals surface area contributed by atoms with E-state index in [1.165, 1.54) is 6.07 Å². The quantitative estimate of drug-likeness (QED) is 0.624. The molecule has 0 amide bonds. The number of carboxylic acids is 1. The van der Waals surface area contributed by atoms with Crippen LogP contribution in [0.1, 0.15) is 32.6 Å². The number of halogens is 3. The Morgan fingerprint density at radius 2 is 1.90 bits per heavy atom. The Labute approximate surface area is 165 Å². The standard InChI is InChI=1S/C22H18F3NO3/c1-13-8-14(12-26-20(13)16-4-3-5-18(10-16)29-2)9-15-6-7-17(22(23,24)25)11-19(15)21(27)28/h3-8,10-12H,9H2,1-2H3,(H,27,28). The van der Waals surface area contributed by atoms with Crippen LogP contribution in [0.3, 0.4) is 0 Å². The summed E-state index contributed by atoms with van der Waals surface area (Å²) >= 11 is 0. The van der Waals surface area contributed by atoms with E-state index in [1.807, 2.05) is 37.3 Å². The lowest BCUT2D eigenvalue weighted by Gasteiger charge is -2.12. The minimum absolute atomic E-state index is 0.159. The number of methoxy groups -OCH3 is 1. The lowest BCUT2D eigenvalue weighted by molar-refractivity contribution is -0.137. The number of carbonyl (C=O) groups is 1. The van der Waals surface area contributed by atoms with Crippen LogP contribution in [-0.4, -0.2) is 23.2 Å². The third kappa shape index (κ3) is 4.56. The fourth-order valence-electron chi connectivity index (χ4n) is 3.13. The van der Waals surface area contributed by atoms with Gasteiger partial charge in [0.05, 0.1) is 23.9 Å². The molecule has 1 heterocycles. The molecule has 4 nitrogen and oxygen atoms in total. The Balaban J connectivity index is 1.93. The van der Waals surface area contributed by atoms with E-state index >= 15 is 0 Å². The lowest BCUT2D eigenvalue weighted by atomic mass is 9.96. The van der Waals surface area contributed by atoms with E-state index in [0.29, 0.717) is 22.9 Å². The van der Waals surface area contributed by atoms with Crippen molar-refractivity contribution < 1.29 is 27.8 Å². The van der Waals surface area contributed by atoms with E-state index in [0.717, 1.165) is 22.9 Å². The zero-order chi connectivity index (χ0) is 21.2.